The van der Waals surface area contributed by atoms with Gasteiger partial charge >= 0.3 is 0 Å². The lowest BCUT2D eigenvalue weighted by Gasteiger charge is -2.30. The highest BCUT2D eigenvalue weighted by atomic mass is 35.5. The van der Waals surface area contributed by atoms with Gasteiger partial charge in [0.25, 0.3) is 5.91 Å². The number of thioether (sulfide) groups is 1. The Morgan fingerprint density at radius 3 is 2.84 bits per heavy atom. The smallest absolute Gasteiger partial charge is 0.267 e. The number of carbonyl (C=O) groups excluding carboxylic acids is 1. The number of nitrogens with zero attached hydrogens (tertiary/aromatic N) is 2. The molecule has 1 amide bonds. The topological polar surface area (TPSA) is 80.4 Å². The molecule has 0 saturated carbocycles. The van der Waals surface area contributed by atoms with Gasteiger partial charge in [0.2, 0.25) is 0 Å². The number of amides is 1. The van der Waals surface area contributed by atoms with Crippen molar-refractivity contribution in [3.05, 3.63) is 45.7 Å². The van der Waals surface area contributed by atoms with Gasteiger partial charge in [-0.05, 0) is 38.5 Å². The predicted octanol–water partition coefficient (Wildman–Crippen LogP) is 3.93. The third-order valence-electron chi connectivity index (χ3n) is 3.95. The van der Waals surface area contributed by atoms with Crippen molar-refractivity contribution in [1.29, 1.82) is 0 Å². The fourth-order valence-electron chi connectivity index (χ4n) is 2.60. The lowest BCUT2D eigenvalue weighted by atomic mass is 9.89. The van der Waals surface area contributed by atoms with Crippen molar-refractivity contribution in [2.45, 2.75) is 25.8 Å². The summed E-state index contributed by atoms with van der Waals surface area (Å²) in [5.74, 6) is 0.176. The van der Waals surface area contributed by atoms with Gasteiger partial charge in [-0.15, -0.1) is 23.7 Å². The molecule has 0 radical (unpaired) electrons. The Morgan fingerprint density at radius 1 is 1.44 bits per heavy atom. The third-order valence-corrected chi connectivity index (χ3v) is 5.67. The molecule has 0 saturated heterocycles. The number of carbonyl (C=O) groups is 1. The van der Waals surface area contributed by atoms with Crippen LogP contribution >= 0.6 is 35.5 Å². The van der Waals surface area contributed by atoms with Crippen LogP contribution in [0.4, 0.5) is 10.1 Å². The molecule has 1 aromatic heterocycles. The van der Waals surface area contributed by atoms with Crippen LogP contribution in [0, 0.1) is 12.7 Å². The number of aliphatic imine (C=N–C) groups is 1. The number of hydrogen-bond acceptors (Lipinski definition) is 6. The van der Waals surface area contributed by atoms with Crippen molar-refractivity contribution < 1.29 is 9.18 Å². The van der Waals surface area contributed by atoms with Crippen LogP contribution in [0.25, 0.3) is 0 Å². The average molecular weight is 401 g/mol. The van der Waals surface area contributed by atoms with Gasteiger partial charge in [0, 0.05) is 17.0 Å². The molecular formula is C16H18ClFN4OS2. The minimum atomic E-state index is -0.722. The number of aryl methyl sites for hydroxylation is 1. The first-order valence-electron chi connectivity index (χ1n) is 7.39. The van der Waals surface area contributed by atoms with Crippen molar-refractivity contribution in [3.8, 4) is 0 Å². The molecule has 134 valence electrons. The highest BCUT2D eigenvalue weighted by molar-refractivity contribution is 8.13. The first kappa shape index (κ1) is 19.7. The monoisotopic (exact) mass is 400 g/mol. The predicted molar refractivity (Wildman–Crippen MR) is 105 cm³/mol. The fourth-order valence-corrected chi connectivity index (χ4v) is 4.28. The van der Waals surface area contributed by atoms with Crippen molar-refractivity contribution in [2.24, 2.45) is 10.7 Å². The van der Waals surface area contributed by atoms with E-state index in [0.29, 0.717) is 33.4 Å². The molecule has 1 aromatic carbocycles. The number of rotatable bonds is 3. The van der Waals surface area contributed by atoms with Crippen LogP contribution < -0.4 is 11.1 Å². The zero-order valence-electron chi connectivity index (χ0n) is 13.7. The summed E-state index contributed by atoms with van der Waals surface area (Å²) in [5.41, 5.74) is 8.35. The fraction of sp³-hybridized carbons (Fsp3) is 0.312. The van der Waals surface area contributed by atoms with Crippen LogP contribution in [0.1, 0.15) is 34.3 Å². The van der Waals surface area contributed by atoms with E-state index >= 15 is 0 Å². The van der Waals surface area contributed by atoms with E-state index < -0.39 is 5.54 Å². The SMILES string of the molecule is Cc1ncsc1C(=O)Nc1ccc(F)c([C@]2(C)CCSC(N)=N2)c1.Cl. The summed E-state index contributed by atoms with van der Waals surface area (Å²) in [5, 5.41) is 3.26. The van der Waals surface area contributed by atoms with Crippen LogP contribution in [0.5, 0.6) is 0 Å². The van der Waals surface area contributed by atoms with Crippen molar-refractivity contribution in [3.63, 3.8) is 0 Å². The van der Waals surface area contributed by atoms with Gasteiger partial charge in [-0.25, -0.2) is 9.37 Å². The summed E-state index contributed by atoms with van der Waals surface area (Å²) in [7, 11) is 0. The van der Waals surface area contributed by atoms with Crippen molar-refractivity contribution in [1.82, 2.24) is 4.98 Å². The first-order valence-corrected chi connectivity index (χ1v) is 9.25. The summed E-state index contributed by atoms with van der Waals surface area (Å²) in [6.07, 6.45) is 0.681. The largest absolute Gasteiger partial charge is 0.379 e. The molecule has 1 atom stereocenters. The molecule has 3 rings (SSSR count). The van der Waals surface area contributed by atoms with E-state index in [1.54, 1.807) is 24.6 Å². The quantitative estimate of drug-likeness (QED) is 0.817. The second kappa shape index (κ2) is 7.72. The number of nitrogens with two attached hydrogens (primary N) is 1. The summed E-state index contributed by atoms with van der Waals surface area (Å²) in [6, 6.07) is 4.53. The van der Waals surface area contributed by atoms with E-state index in [1.165, 1.54) is 29.2 Å². The minimum absolute atomic E-state index is 0. The molecule has 3 N–H and O–H groups in total. The zero-order chi connectivity index (χ0) is 17.3. The van der Waals surface area contributed by atoms with E-state index in [-0.39, 0.29) is 24.1 Å². The number of halogens is 2. The molecule has 2 heterocycles. The number of thiazole rings is 1. The minimum Gasteiger partial charge on any atom is -0.379 e. The first-order chi connectivity index (χ1) is 11.4. The van der Waals surface area contributed by atoms with E-state index in [2.05, 4.69) is 15.3 Å². The Morgan fingerprint density at radius 2 is 2.20 bits per heavy atom. The van der Waals surface area contributed by atoms with Gasteiger partial charge in [0.15, 0.2) is 5.17 Å². The summed E-state index contributed by atoms with van der Waals surface area (Å²) in [4.78, 5) is 21.4. The van der Waals surface area contributed by atoms with Gasteiger partial charge in [-0.3, -0.25) is 9.79 Å². The Hall–Kier alpha value is -1.64. The molecule has 5 nitrogen and oxygen atoms in total. The molecule has 1 aliphatic heterocycles. The zero-order valence-corrected chi connectivity index (χ0v) is 16.2. The maximum atomic E-state index is 14.4. The molecule has 0 fully saturated rings. The molecule has 9 heteroatoms. The number of hydrogen-bond donors (Lipinski definition) is 2. The van der Waals surface area contributed by atoms with Crippen LogP contribution in [0.3, 0.4) is 0 Å². The van der Waals surface area contributed by atoms with Gasteiger partial charge in [0.1, 0.15) is 10.7 Å². The Labute approximate surface area is 159 Å². The Kier molecular flexibility index (Phi) is 6.08. The highest BCUT2D eigenvalue weighted by Crippen LogP contribution is 2.37. The van der Waals surface area contributed by atoms with Gasteiger partial charge in [-0.2, -0.15) is 0 Å². The van der Waals surface area contributed by atoms with Gasteiger partial charge < -0.3 is 11.1 Å². The third kappa shape index (κ3) is 4.13. The molecular weight excluding hydrogens is 383 g/mol. The highest BCUT2D eigenvalue weighted by Gasteiger charge is 2.32. The van der Waals surface area contributed by atoms with E-state index in [9.17, 15) is 9.18 Å². The maximum absolute atomic E-state index is 14.4. The molecule has 0 aliphatic carbocycles. The summed E-state index contributed by atoms with van der Waals surface area (Å²) < 4.78 is 14.4. The van der Waals surface area contributed by atoms with Crippen molar-refractivity contribution in [2.75, 3.05) is 11.1 Å². The molecule has 25 heavy (non-hydrogen) atoms. The molecule has 0 unspecified atom stereocenters. The summed E-state index contributed by atoms with van der Waals surface area (Å²) in [6.45, 7) is 3.64. The summed E-state index contributed by atoms with van der Waals surface area (Å²) >= 11 is 2.74. The van der Waals surface area contributed by atoms with E-state index in [1.807, 2.05) is 6.92 Å². The lowest BCUT2D eigenvalue weighted by molar-refractivity contribution is 0.102. The second-order valence-electron chi connectivity index (χ2n) is 5.74. The van der Waals surface area contributed by atoms with Crippen LogP contribution in [-0.2, 0) is 5.54 Å². The Balaban J connectivity index is 0.00000225. The molecule has 1 aliphatic rings. The van der Waals surface area contributed by atoms with Crippen molar-refractivity contribution >= 4 is 52.3 Å². The van der Waals surface area contributed by atoms with Crippen LogP contribution in [-0.4, -0.2) is 21.8 Å². The number of nitrogens with one attached hydrogen (secondary N) is 1. The number of aromatic nitrogens is 1. The molecule has 0 bridgehead atoms. The average Bonchev–Trinajstić information content (AvgIpc) is 2.95. The standard InChI is InChI=1S/C16H17FN4OS2.ClH/c1-9-13(24-8-19-9)14(22)20-10-3-4-12(17)11(7-10)16(2)5-6-23-15(18)21-16;/h3-4,7-8H,5-6H2,1-2H3,(H2,18,21)(H,20,22);1H/t16-;/m0./s1. The normalized spacial score (nSPS) is 19.7. The molecule has 2 aromatic rings. The van der Waals surface area contributed by atoms with E-state index in [0.717, 1.165) is 5.75 Å². The maximum Gasteiger partial charge on any atom is 0.267 e. The second-order valence-corrected chi connectivity index (χ2v) is 7.71. The molecule has 0 spiro atoms. The van der Waals surface area contributed by atoms with Gasteiger partial charge in [-0.1, -0.05) is 11.8 Å². The van der Waals surface area contributed by atoms with Crippen LogP contribution in [0.2, 0.25) is 0 Å². The lowest BCUT2D eigenvalue weighted by Crippen LogP contribution is -2.29. The number of benzene rings is 1. The number of anilines is 1. The van der Waals surface area contributed by atoms with Gasteiger partial charge in [0.05, 0.1) is 16.7 Å². The van der Waals surface area contributed by atoms with Crippen LogP contribution in [0.15, 0.2) is 28.7 Å². The Bertz CT molecular complexity index is 826. The number of amidine groups is 1. The van der Waals surface area contributed by atoms with E-state index in [4.69, 9.17) is 5.73 Å².